The Morgan fingerprint density at radius 3 is 3.08 bits per heavy atom. The topological polar surface area (TPSA) is 58.4 Å². The van der Waals surface area contributed by atoms with Gasteiger partial charge in [0.05, 0.1) is 11.4 Å². The number of fused-ring (bicyclic) bond motifs is 1. The molecule has 68 valence electrons. The SMILES string of the molecule is NN1CC(=O)Nc2ccc(Br)cc21. The maximum absolute atomic E-state index is 11.1. The van der Waals surface area contributed by atoms with Gasteiger partial charge in [-0.3, -0.25) is 9.80 Å². The molecule has 0 aromatic heterocycles. The number of halogens is 1. The molecule has 0 saturated carbocycles. The Kier molecular flexibility index (Phi) is 1.97. The highest BCUT2D eigenvalue weighted by Gasteiger charge is 2.19. The van der Waals surface area contributed by atoms with Crippen LogP contribution in [-0.4, -0.2) is 12.5 Å². The van der Waals surface area contributed by atoms with Crippen LogP contribution in [0, 0.1) is 0 Å². The number of rotatable bonds is 0. The van der Waals surface area contributed by atoms with E-state index in [9.17, 15) is 4.79 Å². The number of amides is 1. The second kappa shape index (κ2) is 3.01. The van der Waals surface area contributed by atoms with E-state index in [0.29, 0.717) is 0 Å². The maximum atomic E-state index is 11.1. The van der Waals surface area contributed by atoms with E-state index < -0.39 is 0 Å². The fourth-order valence-electron chi connectivity index (χ4n) is 1.28. The lowest BCUT2D eigenvalue weighted by molar-refractivity contribution is -0.115. The van der Waals surface area contributed by atoms with Gasteiger partial charge in [-0.05, 0) is 18.2 Å². The summed E-state index contributed by atoms with van der Waals surface area (Å²) in [6.45, 7) is 0.198. The van der Waals surface area contributed by atoms with Crippen LogP contribution < -0.4 is 16.2 Å². The van der Waals surface area contributed by atoms with Gasteiger partial charge in [0.2, 0.25) is 5.91 Å². The Labute approximate surface area is 83.8 Å². The Morgan fingerprint density at radius 2 is 2.31 bits per heavy atom. The molecular formula is C8H8BrN3O. The summed E-state index contributed by atoms with van der Waals surface area (Å²) in [5, 5.41) is 4.17. The molecule has 1 amide bonds. The first-order valence-electron chi connectivity index (χ1n) is 3.78. The summed E-state index contributed by atoms with van der Waals surface area (Å²) in [5.74, 6) is 5.57. The minimum Gasteiger partial charge on any atom is -0.323 e. The monoisotopic (exact) mass is 241 g/mol. The first-order valence-corrected chi connectivity index (χ1v) is 4.58. The Bertz CT molecular complexity index is 366. The number of nitrogens with two attached hydrogens (primary N) is 1. The van der Waals surface area contributed by atoms with Gasteiger partial charge in [-0.25, -0.2) is 5.84 Å². The fraction of sp³-hybridized carbons (Fsp3) is 0.125. The minimum atomic E-state index is -0.0858. The molecule has 5 heteroatoms. The van der Waals surface area contributed by atoms with Gasteiger partial charge in [-0.2, -0.15) is 0 Å². The molecule has 1 aromatic carbocycles. The van der Waals surface area contributed by atoms with Gasteiger partial charge in [0, 0.05) is 4.47 Å². The highest BCUT2D eigenvalue weighted by Crippen LogP contribution is 2.30. The number of nitrogens with zero attached hydrogens (tertiary/aromatic N) is 1. The summed E-state index contributed by atoms with van der Waals surface area (Å²) in [5.41, 5.74) is 1.58. The molecule has 0 fully saturated rings. The number of carbonyl (C=O) groups is 1. The zero-order chi connectivity index (χ0) is 9.42. The molecule has 4 nitrogen and oxygen atoms in total. The Balaban J connectivity index is 2.49. The summed E-state index contributed by atoms with van der Waals surface area (Å²) >= 11 is 3.34. The third-order valence-corrected chi connectivity index (χ3v) is 2.35. The van der Waals surface area contributed by atoms with E-state index in [1.807, 2.05) is 18.2 Å². The van der Waals surface area contributed by atoms with Crippen molar-refractivity contribution in [1.82, 2.24) is 0 Å². The van der Waals surface area contributed by atoms with Crippen molar-refractivity contribution in [2.24, 2.45) is 5.84 Å². The molecule has 1 aliphatic heterocycles. The van der Waals surface area contributed by atoms with Crippen molar-refractivity contribution in [3.8, 4) is 0 Å². The average Bonchev–Trinajstić information content (AvgIpc) is 2.06. The minimum absolute atomic E-state index is 0.0858. The predicted octanol–water partition coefficient (Wildman–Crippen LogP) is 1.08. The molecule has 1 aromatic rings. The van der Waals surface area contributed by atoms with Crippen LogP contribution in [0.5, 0.6) is 0 Å². The van der Waals surface area contributed by atoms with Crippen molar-refractivity contribution in [3.63, 3.8) is 0 Å². The normalized spacial score (nSPS) is 15.2. The van der Waals surface area contributed by atoms with E-state index in [1.54, 1.807) is 0 Å². The predicted molar refractivity (Wildman–Crippen MR) is 54.3 cm³/mol. The lowest BCUT2D eigenvalue weighted by atomic mass is 10.2. The van der Waals surface area contributed by atoms with E-state index in [-0.39, 0.29) is 12.5 Å². The second-order valence-corrected chi connectivity index (χ2v) is 3.75. The summed E-state index contributed by atoms with van der Waals surface area (Å²) in [7, 11) is 0. The van der Waals surface area contributed by atoms with Gasteiger partial charge in [0.1, 0.15) is 6.54 Å². The Morgan fingerprint density at radius 1 is 1.54 bits per heavy atom. The molecule has 0 bridgehead atoms. The molecule has 0 unspecified atom stereocenters. The molecule has 0 aliphatic carbocycles. The van der Waals surface area contributed by atoms with Crippen LogP contribution in [0.3, 0.4) is 0 Å². The van der Waals surface area contributed by atoms with Crippen LogP contribution in [0.15, 0.2) is 22.7 Å². The largest absolute Gasteiger partial charge is 0.323 e. The number of benzene rings is 1. The van der Waals surface area contributed by atoms with Gasteiger partial charge in [0.25, 0.3) is 0 Å². The van der Waals surface area contributed by atoms with E-state index in [4.69, 9.17) is 5.84 Å². The first-order chi connectivity index (χ1) is 6.16. The Hall–Kier alpha value is -1.07. The maximum Gasteiger partial charge on any atom is 0.245 e. The van der Waals surface area contributed by atoms with Crippen LogP contribution in [0.25, 0.3) is 0 Å². The number of carbonyl (C=O) groups excluding carboxylic acids is 1. The molecule has 0 atom stereocenters. The molecular weight excluding hydrogens is 234 g/mol. The number of hydrogen-bond donors (Lipinski definition) is 2. The molecule has 2 rings (SSSR count). The van der Waals surface area contributed by atoms with E-state index in [0.717, 1.165) is 15.8 Å². The van der Waals surface area contributed by atoms with Gasteiger partial charge in [-0.15, -0.1) is 0 Å². The lowest BCUT2D eigenvalue weighted by Crippen LogP contribution is -2.42. The molecule has 3 N–H and O–H groups in total. The fourth-order valence-corrected chi connectivity index (χ4v) is 1.63. The van der Waals surface area contributed by atoms with Gasteiger partial charge >= 0.3 is 0 Å². The summed E-state index contributed by atoms with van der Waals surface area (Å²) in [4.78, 5) is 11.1. The number of hydrogen-bond acceptors (Lipinski definition) is 3. The summed E-state index contributed by atoms with van der Waals surface area (Å²) in [6.07, 6.45) is 0. The zero-order valence-corrected chi connectivity index (χ0v) is 8.34. The van der Waals surface area contributed by atoms with E-state index >= 15 is 0 Å². The molecule has 1 aliphatic rings. The molecule has 0 saturated heterocycles. The third kappa shape index (κ3) is 1.52. The van der Waals surface area contributed by atoms with Crippen LogP contribution in [0.1, 0.15) is 0 Å². The van der Waals surface area contributed by atoms with E-state index in [2.05, 4.69) is 21.2 Å². The van der Waals surface area contributed by atoms with Crippen molar-refractivity contribution in [2.45, 2.75) is 0 Å². The lowest BCUT2D eigenvalue weighted by Gasteiger charge is -2.26. The van der Waals surface area contributed by atoms with Crippen LogP contribution in [-0.2, 0) is 4.79 Å². The number of anilines is 2. The van der Waals surface area contributed by atoms with Gasteiger partial charge < -0.3 is 5.32 Å². The quantitative estimate of drug-likeness (QED) is 0.669. The van der Waals surface area contributed by atoms with Crippen molar-refractivity contribution in [3.05, 3.63) is 22.7 Å². The van der Waals surface area contributed by atoms with Gasteiger partial charge in [-0.1, -0.05) is 15.9 Å². The average molecular weight is 242 g/mol. The van der Waals surface area contributed by atoms with Crippen molar-refractivity contribution >= 4 is 33.2 Å². The number of hydrazine groups is 1. The zero-order valence-electron chi connectivity index (χ0n) is 6.75. The third-order valence-electron chi connectivity index (χ3n) is 1.86. The highest BCUT2D eigenvalue weighted by molar-refractivity contribution is 9.10. The molecule has 13 heavy (non-hydrogen) atoms. The molecule has 0 radical (unpaired) electrons. The van der Waals surface area contributed by atoms with Gasteiger partial charge in [0.15, 0.2) is 0 Å². The van der Waals surface area contributed by atoms with Crippen molar-refractivity contribution in [1.29, 1.82) is 0 Å². The van der Waals surface area contributed by atoms with Crippen molar-refractivity contribution in [2.75, 3.05) is 16.9 Å². The summed E-state index contributed by atoms with van der Waals surface area (Å²) in [6, 6.07) is 5.55. The summed E-state index contributed by atoms with van der Waals surface area (Å²) < 4.78 is 0.942. The highest BCUT2D eigenvalue weighted by atomic mass is 79.9. The van der Waals surface area contributed by atoms with Crippen molar-refractivity contribution < 1.29 is 4.79 Å². The van der Waals surface area contributed by atoms with Crippen LogP contribution >= 0.6 is 15.9 Å². The number of nitrogens with one attached hydrogen (secondary N) is 1. The smallest absolute Gasteiger partial charge is 0.245 e. The standard InChI is InChI=1S/C8H8BrN3O/c9-5-1-2-6-7(3-5)12(10)4-8(13)11-6/h1-3H,4,10H2,(H,11,13). The first kappa shape index (κ1) is 8.52. The van der Waals surface area contributed by atoms with E-state index in [1.165, 1.54) is 5.01 Å². The molecule has 0 spiro atoms. The van der Waals surface area contributed by atoms with Crippen LogP contribution in [0.4, 0.5) is 11.4 Å². The second-order valence-electron chi connectivity index (χ2n) is 2.84. The molecule has 1 heterocycles. The van der Waals surface area contributed by atoms with Crippen LogP contribution in [0.2, 0.25) is 0 Å².